The summed E-state index contributed by atoms with van der Waals surface area (Å²) in [4.78, 5) is 2.11. The van der Waals surface area contributed by atoms with E-state index in [4.69, 9.17) is 0 Å². The number of nitrogens with zero attached hydrogens (tertiary/aromatic N) is 1. The van der Waals surface area contributed by atoms with Crippen molar-refractivity contribution in [3.8, 4) is 0 Å². The molecule has 0 aliphatic carbocycles. The molecule has 0 aliphatic heterocycles. The molecule has 0 spiro atoms. The Kier molecular flexibility index (Phi) is 24.7. The van der Waals surface area contributed by atoms with Crippen molar-refractivity contribution in [1.82, 2.24) is 4.90 Å². The van der Waals surface area contributed by atoms with Crippen molar-refractivity contribution in [2.75, 3.05) is 14.1 Å². The van der Waals surface area contributed by atoms with Gasteiger partial charge >= 0.3 is 0 Å². The second-order valence-electron chi connectivity index (χ2n) is 6.73. The molecule has 0 saturated heterocycles. The predicted molar refractivity (Wildman–Crippen MR) is 104 cm³/mol. The molecule has 134 valence electrons. The van der Waals surface area contributed by atoms with Gasteiger partial charge in [-0.2, -0.15) is 0 Å². The van der Waals surface area contributed by atoms with E-state index in [0.717, 1.165) is 0 Å². The maximum absolute atomic E-state index is 2.29. The van der Waals surface area contributed by atoms with E-state index in [2.05, 4.69) is 52.0 Å². The van der Waals surface area contributed by atoms with E-state index in [-0.39, 0.29) is 0 Å². The van der Waals surface area contributed by atoms with Gasteiger partial charge in [0.2, 0.25) is 0 Å². The van der Waals surface area contributed by atoms with Gasteiger partial charge in [0.25, 0.3) is 0 Å². The highest BCUT2D eigenvalue weighted by Crippen LogP contribution is 2.12. The van der Waals surface area contributed by atoms with Crippen LogP contribution in [0.1, 0.15) is 111 Å². The van der Waals surface area contributed by atoms with Crippen molar-refractivity contribution in [3.63, 3.8) is 0 Å². The Morgan fingerprint density at radius 3 is 1.32 bits per heavy atom. The van der Waals surface area contributed by atoms with Crippen LogP contribution in [0.3, 0.4) is 0 Å². The zero-order valence-electron chi connectivity index (χ0n) is 16.5. The molecule has 0 unspecified atom stereocenters. The topological polar surface area (TPSA) is 3.24 Å². The Bertz CT molecular complexity index is 196. The Morgan fingerprint density at radius 2 is 0.955 bits per heavy atom. The van der Waals surface area contributed by atoms with Crippen LogP contribution in [-0.4, -0.2) is 19.0 Å². The molecule has 0 heterocycles. The second-order valence-corrected chi connectivity index (χ2v) is 6.73. The zero-order valence-corrected chi connectivity index (χ0v) is 16.5. The molecule has 0 N–H and O–H groups in total. The molecule has 0 atom stereocenters. The average molecular weight is 312 g/mol. The van der Waals surface area contributed by atoms with Gasteiger partial charge in [0.15, 0.2) is 0 Å². The summed E-state index contributed by atoms with van der Waals surface area (Å²) in [6.07, 6.45) is 24.2. The fraction of sp³-hybridized carbons (Fsp3) is 0.905. The van der Waals surface area contributed by atoms with E-state index in [0.29, 0.717) is 0 Å². The highest BCUT2D eigenvalue weighted by atomic mass is 15.0. The van der Waals surface area contributed by atoms with Crippen molar-refractivity contribution in [3.05, 3.63) is 12.3 Å². The number of unbranched alkanes of at least 4 members (excludes halogenated alkanes) is 12. The first-order chi connectivity index (χ1) is 10.7. The van der Waals surface area contributed by atoms with E-state index in [9.17, 15) is 0 Å². The molecule has 0 aromatic rings. The van der Waals surface area contributed by atoms with E-state index in [1.54, 1.807) is 0 Å². The molecule has 0 bridgehead atoms. The molecule has 0 rings (SSSR count). The first kappa shape index (κ1) is 23.8. The van der Waals surface area contributed by atoms with Gasteiger partial charge in [-0.1, -0.05) is 104 Å². The van der Waals surface area contributed by atoms with Crippen LogP contribution in [0, 0.1) is 0 Å². The number of allylic oxidation sites excluding steroid dienone is 1. The molecule has 1 heteroatoms. The molecule has 0 aromatic heterocycles. The summed E-state index contributed by atoms with van der Waals surface area (Å²) in [7, 11) is 4.16. The van der Waals surface area contributed by atoms with E-state index < -0.39 is 0 Å². The monoisotopic (exact) mass is 311 g/mol. The maximum atomic E-state index is 2.29. The lowest BCUT2D eigenvalue weighted by Gasteiger charge is -2.03. The van der Waals surface area contributed by atoms with Crippen molar-refractivity contribution in [1.29, 1.82) is 0 Å². The molecule has 1 nitrogen and oxygen atoms in total. The van der Waals surface area contributed by atoms with Crippen molar-refractivity contribution >= 4 is 0 Å². The summed E-state index contributed by atoms with van der Waals surface area (Å²) in [5.41, 5.74) is 0. The molecule has 0 saturated carbocycles. The van der Waals surface area contributed by atoms with Gasteiger partial charge in [0.1, 0.15) is 0 Å². The average Bonchev–Trinajstić information content (AvgIpc) is 2.48. The van der Waals surface area contributed by atoms with Gasteiger partial charge in [-0.15, -0.1) is 0 Å². The third kappa shape index (κ3) is 27.8. The van der Waals surface area contributed by atoms with Gasteiger partial charge in [-0.3, -0.25) is 0 Å². The lowest BCUT2D eigenvalue weighted by Crippen LogP contribution is -1.99. The SMILES string of the molecule is CCC.CCCCCCCCCCCCCCC=CN(C)C. The number of hydrogen-bond acceptors (Lipinski definition) is 1. The van der Waals surface area contributed by atoms with E-state index in [1.165, 1.54) is 89.9 Å². The van der Waals surface area contributed by atoms with Crippen LogP contribution in [0.15, 0.2) is 12.3 Å². The van der Waals surface area contributed by atoms with Crippen LogP contribution < -0.4 is 0 Å². The molecular formula is C21H45N. The summed E-state index contributed by atoms with van der Waals surface area (Å²) < 4.78 is 0. The summed E-state index contributed by atoms with van der Waals surface area (Å²) in [5.74, 6) is 0. The van der Waals surface area contributed by atoms with Crippen LogP contribution in [0.5, 0.6) is 0 Å². The summed E-state index contributed by atoms with van der Waals surface area (Å²) in [6, 6.07) is 0. The molecule has 22 heavy (non-hydrogen) atoms. The molecular weight excluding hydrogens is 266 g/mol. The molecule has 0 aliphatic rings. The third-order valence-corrected chi connectivity index (χ3v) is 3.63. The standard InChI is InChI=1S/C18H37N.C3H8/c1-4-5-6-7-8-9-10-11-12-13-14-15-16-17-18-19(2)3;1-3-2/h17-18H,4-16H2,1-3H3;3H2,1-2H3. The van der Waals surface area contributed by atoms with E-state index in [1.807, 2.05) is 0 Å². The van der Waals surface area contributed by atoms with Gasteiger partial charge < -0.3 is 4.90 Å². The first-order valence-electron chi connectivity index (χ1n) is 10.0. The Balaban J connectivity index is 0. The van der Waals surface area contributed by atoms with Gasteiger partial charge in [0.05, 0.1) is 0 Å². The van der Waals surface area contributed by atoms with Crippen molar-refractivity contribution in [2.45, 2.75) is 111 Å². The lowest BCUT2D eigenvalue weighted by molar-refractivity contribution is 0.542. The van der Waals surface area contributed by atoms with Gasteiger partial charge in [-0.05, 0) is 19.0 Å². The summed E-state index contributed by atoms with van der Waals surface area (Å²) >= 11 is 0. The summed E-state index contributed by atoms with van der Waals surface area (Å²) in [6.45, 7) is 6.54. The van der Waals surface area contributed by atoms with Gasteiger partial charge in [0, 0.05) is 14.1 Å². The largest absolute Gasteiger partial charge is 0.384 e. The third-order valence-electron chi connectivity index (χ3n) is 3.63. The molecule has 0 amide bonds. The predicted octanol–water partition coefficient (Wildman–Crippen LogP) is 7.57. The fourth-order valence-corrected chi connectivity index (χ4v) is 2.39. The Hall–Kier alpha value is -0.460. The number of hydrogen-bond donors (Lipinski definition) is 0. The minimum atomic E-state index is 1.25. The van der Waals surface area contributed by atoms with Crippen LogP contribution in [0.25, 0.3) is 0 Å². The van der Waals surface area contributed by atoms with Crippen molar-refractivity contribution in [2.24, 2.45) is 0 Å². The minimum absolute atomic E-state index is 1.25. The zero-order chi connectivity index (χ0) is 16.9. The maximum Gasteiger partial charge on any atom is 0.00555 e. The smallest absolute Gasteiger partial charge is 0.00555 e. The highest BCUT2D eigenvalue weighted by molar-refractivity contribution is 4.78. The minimum Gasteiger partial charge on any atom is -0.384 e. The number of rotatable bonds is 14. The molecule has 0 fully saturated rings. The van der Waals surface area contributed by atoms with Crippen LogP contribution in [-0.2, 0) is 0 Å². The first-order valence-corrected chi connectivity index (χ1v) is 10.0. The quantitative estimate of drug-likeness (QED) is 0.299. The fourth-order valence-electron chi connectivity index (χ4n) is 2.39. The van der Waals surface area contributed by atoms with E-state index >= 15 is 0 Å². The van der Waals surface area contributed by atoms with Gasteiger partial charge in [-0.25, -0.2) is 0 Å². The Labute approximate surface area is 142 Å². The van der Waals surface area contributed by atoms with Crippen molar-refractivity contribution < 1.29 is 0 Å². The second kappa shape index (κ2) is 22.8. The normalized spacial score (nSPS) is 10.6. The highest BCUT2D eigenvalue weighted by Gasteiger charge is 1.92. The van der Waals surface area contributed by atoms with Crippen LogP contribution >= 0.6 is 0 Å². The molecule has 0 radical (unpaired) electrons. The molecule has 0 aromatic carbocycles. The summed E-state index contributed by atoms with van der Waals surface area (Å²) in [5, 5.41) is 0. The lowest BCUT2D eigenvalue weighted by atomic mass is 10.0. The van der Waals surface area contributed by atoms with Crippen LogP contribution in [0.2, 0.25) is 0 Å². The van der Waals surface area contributed by atoms with Crippen LogP contribution in [0.4, 0.5) is 0 Å². The Morgan fingerprint density at radius 1 is 0.591 bits per heavy atom.